The predicted octanol–water partition coefficient (Wildman–Crippen LogP) is 5.27. The minimum atomic E-state index is -0.179. The van der Waals surface area contributed by atoms with E-state index in [0.717, 1.165) is 39.3 Å². The first kappa shape index (κ1) is 24.3. The second-order valence-corrected chi connectivity index (χ2v) is 9.83. The standard InChI is InChI=1S/C28H30ClN3O4/c1-16-6-5-7-19-23(33)13-22-27(26(16)19)18(14-29)15-32(22)28(34)21-10-17-11-25(36-9-8-31(2)3)24(35-4)12-20(17)30-21/h5-7,10-13,18,30,33H,8-9,14-15H2,1-4H3/t18-/m1/s1. The number of halogens is 1. The smallest absolute Gasteiger partial charge is 0.274 e. The van der Waals surface area contributed by atoms with Crippen LogP contribution in [0.5, 0.6) is 17.2 Å². The van der Waals surface area contributed by atoms with Crippen LogP contribution in [0.2, 0.25) is 0 Å². The quantitative estimate of drug-likeness (QED) is 0.333. The van der Waals surface area contributed by atoms with Crippen LogP contribution in [0, 0.1) is 6.92 Å². The van der Waals surface area contributed by atoms with E-state index in [1.165, 1.54) is 0 Å². The van der Waals surface area contributed by atoms with Gasteiger partial charge < -0.3 is 29.4 Å². The molecule has 7 nitrogen and oxygen atoms in total. The summed E-state index contributed by atoms with van der Waals surface area (Å²) in [5.41, 5.74) is 3.99. The molecule has 0 saturated carbocycles. The number of aromatic amines is 1. The van der Waals surface area contributed by atoms with E-state index in [4.69, 9.17) is 21.1 Å². The van der Waals surface area contributed by atoms with Gasteiger partial charge >= 0.3 is 0 Å². The van der Waals surface area contributed by atoms with Crippen LogP contribution in [-0.2, 0) is 0 Å². The van der Waals surface area contributed by atoms with E-state index in [1.54, 1.807) is 18.1 Å². The Bertz CT molecular complexity index is 1460. The summed E-state index contributed by atoms with van der Waals surface area (Å²) < 4.78 is 11.5. The van der Waals surface area contributed by atoms with Gasteiger partial charge in [-0.05, 0) is 49.7 Å². The number of methoxy groups -OCH3 is 1. The summed E-state index contributed by atoms with van der Waals surface area (Å²) in [6.45, 7) is 3.75. The zero-order valence-electron chi connectivity index (χ0n) is 20.9. The summed E-state index contributed by atoms with van der Waals surface area (Å²) >= 11 is 6.38. The number of carbonyl (C=O) groups excluding carboxylic acids is 1. The van der Waals surface area contributed by atoms with Crippen molar-refractivity contribution in [3.05, 3.63) is 59.3 Å². The number of carbonyl (C=O) groups is 1. The summed E-state index contributed by atoms with van der Waals surface area (Å²) in [6, 6.07) is 13.1. The van der Waals surface area contributed by atoms with Crippen LogP contribution in [0.1, 0.15) is 27.5 Å². The van der Waals surface area contributed by atoms with Gasteiger partial charge in [-0.2, -0.15) is 0 Å². The van der Waals surface area contributed by atoms with Crippen LogP contribution in [0.4, 0.5) is 5.69 Å². The maximum absolute atomic E-state index is 13.8. The van der Waals surface area contributed by atoms with Crippen molar-refractivity contribution in [3.63, 3.8) is 0 Å². The highest BCUT2D eigenvalue weighted by molar-refractivity contribution is 6.19. The Balaban J connectivity index is 1.53. The van der Waals surface area contributed by atoms with Gasteiger partial charge in [0.1, 0.15) is 18.1 Å². The van der Waals surface area contributed by atoms with Gasteiger partial charge in [-0.3, -0.25) is 4.79 Å². The van der Waals surface area contributed by atoms with Crippen LogP contribution in [0.25, 0.3) is 21.7 Å². The fourth-order valence-electron chi connectivity index (χ4n) is 5.03. The largest absolute Gasteiger partial charge is 0.507 e. The number of nitrogens with zero attached hydrogens (tertiary/aromatic N) is 2. The van der Waals surface area contributed by atoms with Crippen molar-refractivity contribution in [2.75, 3.05) is 51.7 Å². The van der Waals surface area contributed by atoms with Gasteiger partial charge in [-0.25, -0.2) is 0 Å². The summed E-state index contributed by atoms with van der Waals surface area (Å²) in [6.07, 6.45) is 0. The number of rotatable bonds is 7. The van der Waals surface area contributed by atoms with E-state index < -0.39 is 0 Å². The third-order valence-corrected chi connectivity index (χ3v) is 7.20. The predicted molar refractivity (Wildman–Crippen MR) is 144 cm³/mol. The molecule has 4 aromatic rings. The van der Waals surface area contributed by atoms with E-state index in [9.17, 15) is 9.90 Å². The Morgan fingerprint density at radius 2 is 2.03 bits per heavy atom. The van der Waals surface area contributed by atoms with Gasteiger partial charge in [0.15, 0.2) is 11.5 Å². The zero-order chi connectivity index (χ0) is 25.6. The van der Waals surface area contributed by atoms with Crippen LogP contribution in [-0.4, -0.2) is 67.7 Å². The van der Waals surface area contributed by atoms with E-state index in [1.807, 2.05) is 62.3 Å². The third kappa shape index (κ3) is 4.12. The molecular weight excluding hydrogens is 478 g/mol. The number of hydrogen-bond acceptors (Lipinski definition) is 5. The molecule has 1 aliphatic heterocycles. The molecule has 1 amide bonds. The van der Waals surface area contributed by atoms with Crippen molar-refractivity contribution < 1.29 is 19.4 Å². The lowest BCUT2D eigenvalue weighted by atomic mass is 9.92. The van der Waals surface area contributed by atoms with E-state index in [2.05, 4.69) is 4.98 Å². The Labute approximate surface area is 215 Å². The van der Waals surface area contributed by atoms with Crippen molar-refractivity contribution in [1.29, 1.82) is 0 Å². The molecule has 2 N–H and O–H groups in total. The zero-order valence-corrected chi connectivity index (χ0v) is 21.6. The number of benzene rings is 3. The van der Waals surface area contributed by atoms with Gasteiger partial charge in [0.25, 0.3) is 5.91 Å². The van der Waals surface area contributed by atoms with Gasteiger partial charge in [-0.15, -0.1) is 11.6 Å². The van der Waals surface area contributed by atoms with Crippen LogP contribution in [0.3, 0.4) is 0 Å². The third-order valence-electron chi connectivity index (χ3n) is 6.83. The first-order valence-corrected chi connectivity index (χ1v) is 12.5. The first-order valence-electron chi connectivity index (χ1n) is 11.9. The molecule has 1 atom stereocenters. The number of hydrogen-bond donors (Lipinski definition) is 2. The summed E-state index contributed by atoms with van der Waals surface area (Å²) in [7, 11) is 5.58. The monoisotopic (exact) mass is 507 g/mol. The number of likely N-dealkylation sites (N-methyl/N-ethyl adjacent to an activating group) is 1. The number of aromatic hydroxyl groups is 1. The van der Waals surface area contributed by atoms with Crippen molar-refractivity contribution in [1.82, 2.24) is 9.88 Å². The molecule has 0 radical (unpaired) electrons. The number of fused-ring (bicyclic) bond motifs is 4. The molecule has 1 aromatic heterocycles. The number of H-pyrrole nitrogens is 1. The van der Waals surface area contributed by atoms with E-state index in [0.29, 0.717) is 41.9 Å². The first-order chi connectivity index (χ1) is 17.3. The van der Waals surface area contributed by atoms with Gasteiger partial charge in [-0.1, -0.05) is 18.2 Å². The lowest BCUT2D eigenvalue weighted by molar-refractivity contribution is 0.0984. The molecule has 0 fully saturated rings. The van der Waals surface area contributed by atoms with E-state index >= 15 is 0 Å². The number of phenols is 1. The normalized spacial score (nSPS) is 15.2. The number of amides is 1. The van der Waals surface area contributed by atoms with Gasteiger partial charge in [0.2, 0.25) is 0 Å². The van der Waals surface area contributed by atoms with Crippen LogP contribution >= 0.6 is 11.6 Å². The Morgan fingerprint density at radius 1 is 1.22 bits per heavy atom. The SMILES string of the molecule is COc1cc2[nH]c(C(=O)N3C[C@@H](CCl)c4c3cc(O)c3cccc(C)c43)cc2cc1OCCN(C)C. The van der Waals surface area contributed by atoms with Crippen molar-refractivity contribution >= 4 is 44.9 Å². The molecule has 3 aromatic carbocycles. The molecular formula is C28H30ClN3O4. The second-order valence-electron chi connectivity index (χ2n) is 9.52. The minimum Gasteiger partial charge on any atom is -0.507 e. The lowest BCUT2D eigenvalue weighted by Crippen LogP contribution is -2.30. The fourth-order valence-corrected chi connectivity index (χ4v) is 5.28. The molecule has 0 spiro atoms. The number of nitrogens with one attached hydrogen (secondary N) is 1. The highest BCUT2D eigenvalue weighted by Crippen LogP contribution is 2.46. The summed E-state index contributed by atoms with van der Waals surface area (Å²) in [4.78, 5) is 20.8. The maximum Gasteiger partial charge on any atom is 0.274 e. The van der Waals surface area contributed by atoms with Crippen molar-refractivity contribution in [2.24, 2.45) is 0 Å². The average molecular weight is 508 g/mol. The molecule has 0 saturated heterocycles. The number of alkyl halides is 1. The van der Waals surface area contributed by atoms with Crippen molar-refractivity contribution in [2.45, 2.75) is 12.8 Å². The Morgan fingerprint density at radius 3 is 2.75 bits per heavy atom. The number of ether oxygens (including phenoxy) is 2. The molecule has 8 heteroatoms. The van der Waals surface area contributed by atoms with Crippen LogP contribution < -0.4 is 14.4 Å². The average Bonchev–Trinajstić information content (AvgIpc) is 3.44. The summed E-state index contributed by atoms with van der Waals surface area (Å²) in [5.74, 6) is 1.55. The number of aryl methyl sites for hydroxylation is 1. The van der Waals surface area contributed by atoms with E-state index in [-0.39, 0.29) is 17.6 Å². The second kappa shape index (κ2) is 9.56. The molecule has 0 aliphatic carbocycles. The number of anilines is 1. The lowest BCUT2D eigenvalue weighted by Gasteiger charge is -2.18. The molecule has 1 aliphatic rings. The Kier molecular flexibility index (Phi) is 6.45. The number of aromatic nitrogens is 1. The van der Waals surface area contributed by atoms with Gasteiger partial charge in [0, 0.05) is 53.3 Å². The molecule has 0 bridgehead atoms. The Hall–Kier alpha value is -3.42. The van der Waals surface area contributed by atoms with Crippen molar-refractivity contribution in [3.8, 4) is 17.2 Å². The fraction of sp³-hybridized carbons (Fsp3) is 0.321. The van der Waals surface area contributed by atoms with Crippen LogP contribution in [0.15, 0.2) is 42.5 Å². The molecule has 2 heterocycles. The summed E-state index contributed by atoms with van der Waals surface area (Å²) in [5, 5.41) is 13.4. The maximum atomic E-state index is 13.8. The molecule has 0 unspecified atom stereocenters. The highest BCUT2D eigenvalue weighted by atomic mass is 35.5. The topological polar surface area (TPSA) is 78.0 Å². The highest BCUT2D eigenvalue weighted by Gasteiger charge is 2.35. The minimum absolute atomic E-state index is 0.0315. The molecule has 5 rings (SSSR count). The number of phenolic OH excluding ortho intramolecular Hbond substituents is 1. The molecule has 36 heavy (non-hydrogen) atoms. The van der Waals surface area contributed by atoms with Gasteiger partial charge in [0.05, 0.1) is 12.8 Å². The molecule has 188 valence electrons.